The van der Waals surface area contributed by atoms with Crippen LogP contribution in [0, 0.1) is 0 Å². The maximum absolute atomic E-state index is 11.1. The third kappa shape index (κ3) is 3.18. The Balaban J connectivity index is 0.00000128. The number of hydrogen-bond donors (Lipinski definition) is 2. The first-order valence-corrected chi connectivity index (χ1v) is 4.04. The zero-order chi connectivity index (χ0) is 10.8. The van der Waals surface area contributed by atoms with Gasteiger partial charge in [0.2, 0.25) is 0 Å². The Bertz CT molecular complexity index is 473. The Labute approximate surface area is 140 Å². The Morgan fingerprint density at radius 1 is 1.31 bits per heavy atom. The number of aromatic nitrogens is 2. The third-order valence-electron chi connectivity index (χ3n) is 1.69. The SMILES string of the molecule is [NH-]c1nccc(/C=C2\NC(=O)NC2=O)n1.[Rb+]. The molecule has 0 saturated carbocycles. The van der Waals surface area contributed by atoms with E-state index in [0.717, 1.165) is 0 Å². The fourth-order valence-corrected chi connectivity index (χ4v) is 1.08. The van der Waals surface area contributed by atoms with E-state index in [2.05, 4.69) is 20.6 Å². The molecule has 1 aliphatic rings. The van der Waals surface area contributed by atoms with E-state index in [9.17, 15) is 9.59 Å². The van der Waals surface area contributed by atoms with Crippen molar-refractivity contribution in [3.63, 3.8) is 0 Å². The minimum atomic E-state index is -0.564. The fraction of sp³-hybridized carbons (Fsp3) is 0. The van der Waals surface area contributed by atoms with E-state index in [1.807, 2.05) is 0 Å². The van der Waals surface area contributed by atoms with Crippen LogP contribution >= 0.6 is 0 Å². The predicted octanol–water partition coefficient (Wildman–Crippen LogP) is -2.66. The molecule has 0 unspecified atom stereocenters. The second-order valence-corrected chi connectivity index (χ2v) is 2.77. The van der Waals surface area contributed by atoms with Gasteiger partial charge in [0.25, 0.3) is 5.91 Å². The fourth-order valence-electron chi connectivity index (χ4n) is 1.08. The van der Waals surface area contributed by atoms with Gasteiger partial charge in [-0.25, -0.2) is 4.79 Å². The van der Waals surface area contributed by atoms with Gasteiger partial charge in [0.15, 0.2) is 0 Å². The van der Waals surface area contributed by atoms with Crippen LogP contribution in [0.25, 0.3) is 11.8 Å². The second-order valence-electron chi connectivity index (χ2n) is 2.77. The van der Waals surface area contributed by atoms with Crippen LogP contribution in [0.2, 0.25) is 0 Å². The van der Waals surface area contributed by atoms with E-state index in [-0.39, 0.29) is 69.8 Å². The molecule has 76 valence electrons. The van der Waals surface area contributed by atoms with Crippen LogP contribution in [0.5, 0.6) is 0 Å². The smallest absolute Gasteiger partial charge is 0.410 e. The van der Waals surface area contributed by atoms with E-state index < -0.39 is 11.9 Å². The Hall–Kier alpha value is -0.635. The molecule has 1 aromatic heterocycles. The molecule has 0 aromatic carbocycles. The molecular formula is C8H6N5O2Rb. The van der Waals surface area contributed by atoms with Gasteiger partial charge in [0.1, 0.15) is 5.70 Å². The number of rotatable bonds is 1. The Morgan fingerprint density at radius 2 is 2.06 bits per heavy atom. The minimum Gasteiger partial charge on any atom is -0.410 e. The van der Waals surface area contributed by atoms with Crippen LogP contribution in [0.3, 0.4) is 0 Å². The standard InChI is InChI=1S/C8H7N5O2.Rb/c9-7-10-2-1-4(11-7)3-5-6(14)13-8(15)12-5;/h1-3H,(H4,9,10,11,12,13,14,15);/q;+1/p-1. The molecule has 0 atom stereocenters. The van der Waals surface area contributed by atoms with Crippen molar-refractivity contribution in [3.8, 4) is 0 Å². The predicted molar refractivity (Wildman–Crippen MR) is 50.7 cm³/mol. The number of imide groups is 1. The summed E-state index contributed by atoms with van der Waals surface area (Å²) in [6.45, 7) is 0. The molecule has 0 aliphatic carbocycles. The summed E-state index contributed by atoms with van der Waals surface area (Å²) < 4.78 is 0. The number of urea groups is 1. The van der Waals surface area contributed by atoms with E-state index in [0.29, 0.717) is 5.69 Å². The van der Waals surface area contributed by atoms with Gasteiger partial charge < -0.3 is 21.0 Å². The van der Waals surface area contributed by atoms with Crippen LogP contribution in [0.1, 0.15) is 5.69 Å². The molecule has 3 amide bonds. The molecule has 1 saturated heterocycles. The van der Waals surface area contributed by atoms with E-state index in [1.165, 1.54) is 18.3 Å². The van der Waals surface area contributed by atoms with Crippen molar-refractivity contribution in [3.05, 3.63) is 29.4 Å². The largest absolute Gasteiger partial charge is 1.00 e. The van der Waals surface area contributed by atoms with Gasteiger partial charge >= 0.3 is 64.2 Å². The quantitative estimate of drug-likeness (QED) is 0.435. The monoisotopic (exact) mass is 289 g/mol. The van der Waals surface area contributed by atoms with E-state index in [1.54, 1.807) is 0 Å². The number of carbonyl (C=O) groups is 2. The summed E-state index contributed by atoms with van der Waals surface area (Å²) in [5.74, 6) is -0.653. The maximum Gasteiger partial charge on any atom is 1.00 e. The first kappa shape index (κ1) is 13.4. The molecule has 8 heteroatoms. The van der Waals surface area contributed by atoms with Gasteiger partial charge in [-0.15, -0.1) is 0 Å². The van der Waals surface area contributed by atoms with Crippen LogP contribution in [0.4, 0.5) is 10.7 Å². The zero-order valence-corrected chi connectivity index (χ0v) is 13.4. The topological polar surface area (TPSA) is 108 Å². The molecule has 3 N–H and O–H groups in total. The number of hydrogen-bond acceptors (Lipinski definition) is 4. The van der Waals surface area contributed by atoms with Gasteiger partial charge in [0.05, 0.1) is 0 Å². The minimum absolute atomic E-state index is 0. The Kier molecular flexibility index (Phi) is 4.72. The molecule has 2 rings (SSSR count). The molecule has 1 aromatic rings. The number of nitrogens with one attached hydrogen (secondary N) is 3. The van der Waals surface area contributed by atoms with Crippen molar-refractivity contribution in [2.24, 2.45) is 0 Å². The molecule has 0 bridgehead atoms. The Morgan fingerprint density at radius 3 is 2.62 bits per heavy atom. The normalized spacial score (nSPS) is 16.6. The van der Waals surface area contributed by atoms with Gasteiger partial charge in [-0.3, -0.25) is 10.1 Å². The summed E-state index contributed by atoms with van der Waals surface area (Å²) in [6, 6.07) is 0.967. The van der Waals surface area contributed by atoms with Gasteiger partial charge in [-0.2, -0.15) is 0 Å². The van der Waals surface area contributed by atoms with Gasteiger partial charge in [-0.05, 0) is 24.0 Å². The summed E-state index contributed by atoms with van der Waals surface area (Å²) >= 11 is 0. The zero-order valence-electron chi connectivity index (χ0n) is 8.44. The average molecular weight is 290 g/mol. The summed E-state index contributed by atoms with van der Waals surface area (Å²) in [6.07, 6.45) is 2.77. The molecule has 1 fully saturated rings. The van der Waals surface area contributed by atoms with Crippen molar-refractivity contribution in [1.82, 2.24) is 20.6 Å². The van der Waals surface area contributed by atoms with Crippen molar-refractivity contribution in [2.45, 2.75) is 0 Å². The molecule has 7 nitrogen and oxygen atoms in total. The number of amides is 3. The van der Waals surface area contributed by atoms with E-state index >= 15 is 0 Å². The van der Waals surface area contributed by atoms with Crippen LogP contribution in [0.15, 0.2) is 18.0 Å². The summed E-state index contributed by atoms with van der Waals surface area (Å²) in [7, 11) is 0. The third-order valence-corrected chi connectivity index (χ3v) is 1.69. The molecule has 1 aliphatic heterocycles. The van der Waals surface area contributed by atoms with Gasteiger partial charge in [-0.1, -0.05) is 0 Å². The number of nitrogens with zero attached hydrogens (tertiary/aromatic N) is 2. The summed E-state index contributed by atoms with van der Waals surface area (Å²) in [5.41, 5.74) is 7.66. The first-order valence-electron chi connectivity index (χ1n) is 4.04. The summed E-state index contributed by atoms with van der Waals surface area (Å²) in [5, 5.41) is 4.37. The van der Waals surface area contributed by atoms with Crippen LogP contribution < -0.4 is 68.8 Å². The molecule has 16 heavy (non-hydrogen) atoms. The maximum atomic E-state index is 11.1. The average Bonchev–Trinajstić information content (AvgIpc) is 2.45. The molecule has 0 radical (unpaired) electrons. The molecular weight excluding hydrogens is 284 g/mol. The molecule has 0 spiro atoms. The van der Waals surface area contributed by atoms with E-state index in [4.69, 9.17) is 5.73 Å². The van der Waals surface area contributed by atoms with Crippen LogP contribution in [-0.2, 0) is 4.79 Å². The molecule has 2 heterocycles. The number of carbonyl (C=O) groups excluding carboxylic acids is 2. The van der Waals surface area contributed by atoms with Gasteiger partial charge in [0, 0.05) is 5.95 Å². The van der Waals surface area contributed by atoms with Crippen molar-refractivity contribution < 1.29 is 67.8 Å². The van der Waals surface area contributed by atoms with Crippen molar-refractivity contribution >= 4 is 24.0 Å². The second kappa shape index (κ2) is 5.62. The van der Waals surface area contributed by atoms with Crippen molar-refractivity contribution in [2.75, 3.05) is 0 Å². The van der Waals surface area contributed by atoms with Crippen molar-refractivity contribution in [1.29, 1.82) is 0 Å². The van der Waals surface area contributed by atoms with Crippen LogP contribution in [-0.4, -0.2) is 21.9 Å². The first-order chi connectivity index (χ1) is 7.15. The summed E-state index contributed by atoms with van der Waals surface area (Å²) in [4.78, 5) is 29.2.